The van der Waals surface area contributed by atoms with Gasteiger partial charge in [0.05, 0.1) is 0 Å². The van der Waals surface area contributed by atoms with E-state index in [-0.39, 0.29) is 18.4 Å². The number of ether oxygens (including phenoxy) is 1. The highest BCUT2D eigenvalue weighted by Crippen LogP contribution is 2.23. The number of hydrogen-bond donors (Lipinski definition) is 0. The van der Waals surface area contributed by atoms with E-state index < -0.39 is 0 Å². The maximum Gasteiger partial charge on any atom is 0.302 e. The van der Waals surface area contributed by atoms with E-state index in [0.29, 0.717) is 17.1 Å². The molecule has 0 aliphatic carbocycles. The zero-order valence-corrected chi connectivity index (χ0v) is 22.3. The molecule has 1 aliphatic heterocycles. The Morgan fingerprint density at radius 3 is 2.43 bits per heavy atom. The third-order valence-electron chi connectivity index (χ3n) is 6.70. The molecule has 2 aromatic carbocycles. The molecule has 0 unspecified atom stereocenters. The molecule has 196 valence electrons. The number of carbonyl (C=O) groups excluding carboxylic acids is 1. The van der Waals surface area contributed by atoms with Gasteiger partial charge in [0.25, 0.3) is 0 Å². The molecule has 0 N–H and O–H groups in total. The van der Waals surface area contributed by atoms with Crippen molar-refractivity contribution in [2.45, 2.75) is 40.1 Å². The van der Waals surface area contributed by atoms with Crippen LogP contribution in [0.2, 0.25) is 5.02 Å². The molecular weight excluding hydrogens is 491 g/mol. The van der Waals surface area contributed by atoms with E-state index in [1.807, 2.05) is 12.1 Å². The quantitative estimate of drug-likeness (QED) is 0.336. The summed E-state index contributed by atoms with van der Waals surface area (Å²) >= 11 is 6.23. The first-order chi connectivity index (χ1) is 17.9. The summed E-state index contributed by atoms with van der Waals surface area (Å²) < 4.78 is 19.4. The highest BCUT2D eigenvalue weighted by atomic mass is 35.5. The summed E-state index contributed by atoms with van der Waals surface area (Å²) in [6.45, 7) is 10.2. The fourth-order valence-corrected chi connectivity index (χ4v) is 4.80. The Kier molecular flexibility index (Phi) is 9.50. The largest absolute Gasteiger partial charge is 0.461 e. The molecule has 0 saturated carbocycles. The van der Waals surface area contributed by atoms with Crippen LogP contribution in [-0.4, -0.2) is 53.5 Å². The molecule has 1 saturated heterocycles. The Morgan fingerprint density at radius 1 is 1.03 bits per heavy atom. The van der Waals surface area contributed by atoms with Crippen molar-refractivity contribution < 1.29 is 13.9 Å². The Bertz CT molecular complexity index is 1160. The van der Waals surface area contributed by atoms with Crippen molar-refractivity contribution in [3.63, 3.8) is 0 Å². The number of anilines is 1. The molecule has 3 aromatic rings. The Hall–Kier alpha value is -3.00. The van der Waals surface area contributed by atoms with Gasteiger partial charge in [0.1, 0.15) is 18.2 Å². The van der Waals surface area contributed by atoms with Gasteiger partial charge in [-0.3, -0.25) is 14.6 Å². The SMILES string of the molecule is CCN(Cc1ccc(CN2CCN(c3ncccc3COC(C)=O)CC2)cc1)Cc1c(F)cccc1Cl. The van der Waals surface area contributed by atoms with E-state index in [4.69, 9.17) is 16.3 Å². The fraction of sp³-hybridized carbons (Fsp3) is 0.379. The van der Waals surface area contributed by atoms with E-state index in [0.717, 1.165) is 57.2 Å². The van der Waals surface area contributed by atoms with Crippen LogP contribution in [0, 0.1) is 5.82 Å². The lowest BCUT2D eigenvalue weighted by Crippen LogP contribution is -2.46. The molecule has 1 fully saturated rings. The highest BCUT2D eigenvalue weighted by molar-refractivity contribution is 6.31. The first-order valence-electron chi connectivity index (χ1n) is 12.7. The van der Waals surface area contributed by atoms with Gasteiger partial charge in [0.15, 0.2) is 0 Å². The van der Waals surface area contributed by atoms with Crippen LogP contribution in [0.1, 0.15) is 36.1 Å². The van der Waals surface area contributed by atoms with Gasteiger partial charge >= 0.3 is 5.97 Å². The minimum atomic E-state index is -0.289. The summed E-state index contributed by atoms with van der Waals surface area (Å²) in [5, 5.41) is 0.470. The molecule has 37 heavy (non-hydrogen) atoms. The Balaban J connectivity index is 1.29. The normalized spacial score (nSPS) is 14.2. The van der Waals surface area contributed by atoms with E-state index >= 15 is 0 Å². The third kappa shape index (κ3) is 7.51. The lowest BCUT2D eigenvalue weighted by atomic mass is 10.1. The summed E-state index contributed by atoms with van der Waals surface area (Å²) in [6.07, 6.45) is 1.78. The van der Waals surface area contributed by atoms with E-state index in [9.17, 15) is 9.18 Å². The predicted octanol–water partition coefficient (Wildman–Crippen LogP) is 5.28. The molecule has 0 atom stereocenters. The first kappa shape index (κ1) is 27.0. The van der Waals surface area contributed by atoms with E-state index in [2.05, 4.69) is 50.9 Å². The third-order valence-corrected chi connectivity index (χ3v) is 7.05. The zero-order valence-electron chi connectivity index (χ0n) is 21.5. The highest BCUT2D eigenvalue weighted by Gasteiger charge is 2.20. The molecule has 8 heteroatoms. The number of halogens is 2. The number of carbonyl (C=O) groups is 1. The van der Waals surface area contributed by atoms with Crippen LogP contribution in [0.3, 0.4) is 0 Å². The number of benzene rings is 2. The van der Waals surface area contributed by atoms with Crippen LogP contribution < -0.4 is 4.90 Å². The molecule has 1 aliphatic rings. The number of aromatic nitrogens is 1. The summed E-state index contributed by atoms with van der Waals surface area (Å²) in [5.74, 6) is 0.345. The van der Waals surface area contributed by atoms with Crippen molar-refractivity contribution in [2.24, 2.45) is 0 Å². The molecule has 2 heterocycles. The number of nitrogens with zero attached hydrogens (tertiary/aromatic N) is 4. The van der Waals surface area contributed by atoms with Crippen LogP contribution in [0.4, 0.5) is 10.2 Å². The second-order valence-corrected chi connectivity index (χ2v) is 9.76. The zero-order chi connectivity index (χ0) is 26.2. The standard InChI is InChI=1S/C29H34ClFN4O2/c1-3-33(20-26-27(30)7-4-8-28(26)31)18-23-9-11-24(12-10-23)19-34-14-16-35(17-15-34)29-25(6-5-13-32-29)21-37-22(2)36/h4-13H,3,14-21H2,1-2H3. The van der Waals surface area contributed by atoms with Crippen LogP contribution in [-0.2, 0) is 35.8 Å². The van der Waals surface area contributed by atoms with Crippen LogP contribution >= 0.6 is 11.6 Å². The summed E-state index contributed by atoms with van der Waals surface area (Å²) in [7, 11) is 0. The number of pyridine rings is 1. The topological polar surface area (TPSA) is 48.9 Å². The van der Waals surface area contributed by atoms with Crippen molar-refractivity contribution in [3.8, 4) is 0 Å². The second kappa shape index (κ2) is 13.0. The molecular formula is C29H34ClFN4O2. The number of piperazine rings is 1. The average Bonchev–Trinajstić information content (AvgIpc) is 2.90. The smallest absolute Gasteiger partial charge is 0.302 e. The first-order valence-corrected chi connectivity index (χ1v) is 13.1. The molecule has 0 spiro atoms. The molecule has 0 amide bonds. The van der Waals surface area contributed by atoms with E-state index in [1.54, 1.807) is 18.3 Å². The van der Waals surface area contributed by atoms with Crippen molar-refractivity contribution in [1.82, 2.24) is 14.8 Å². The molecule has 4 rings (SSSR count). The minimum absolute atomic E-state index is 0.244. The predicted molar refractivity (Wildman–Crippen MR) is 145 cm³/mol. The Morgan fingerprint density at radius 2 is 1.76 bits per heavy atom. The van der Waals surface area contributed by atoms with Gasteiger partial charge in [-0.2, -0.15) is 0 Å². The molecule has 0 radical (unpaired) electrons. The number of esters is 1. The summed E-state index contributed by atoms with van der Waals surface area (Å²) in [4.78, 5) is 22.7. The van der Waals surface area contributed by atoms with Gasteiger partial charge in [0.2, 0.25) is 0 Å². The number of hydrogen-bond acceptors (Lipinski definition) is 6. The fourth-order valence-electron chi connectivity index (χ4n) is 4.58. The van der Waals surface area contributed by atoms with Gasteiger partial charge in [-0.1, -0.05) is 54.9 Å². The molecule has 1 aromatic heterocycles. The van der Waals surface area contributed by atoms with Crippen LogP contribution in [0.5, 0.6) is 0 Å². The van der Waals surface area contributed by atoms with Crippen LogP contribution in [0.15, 0.2) is 60.8 Å². The summed E-state index contributed by atoms with van der Waals surface area (Å²) in [5.41, 5.74) is 3.94. The van der Waals surface area contributed by atoms with Crippen molar-refractivity contribution in [1.29, 1.82) is 0 Å². The van der Waals surface area contributed by atoms with Gasteiger partial charge < -0.3 is 9.64 Å². The average molecular weight is 525 g/mol. The molecule has 6 nitrogen and oxygen atoms in total. The maximum absolute atomic E-state index is 14.2. The van der Waals surface area contributed by atoms with E-state index in [1.165, 1.54) is 24.1 Å². The number of rotatable bonds is 10. The minimum Gasteiger partial charge on any atom is -0.461 e. The lowest BCUT2D eigenvalue weighted by Gasteiger charge is -2.36. The van der Waals surface area contributed by atoms with Crippen molar-refractivity contribution in [3.05, 3.63) is 93.9 Å². The van der Waals surface area contributed by atoms with Gasteiger partial charge in [-0.05, 0) is 35.9 Å². The Labute approximate surface area is 223 Å². The molecule has 0 bridgehead atoms. The summed E-state index contributed by atoms with van der Waals surface area (Å²) in [6, 6.07) is 17.4. The second-order valence-electron chi connectivity index (χ2n) is 9.35. The monoisotopic (exact) mass is 524 g/mol. The lowest BCUT2D eigenvalue weighted by molar-refractivity contribution is -0.142. The maximum atomic E-state index is 14.2. The van der Waals surface area contributed by atoms with Crippen molar-refractivity contribution in [2.75, 3.05) is 37.6 Å². The van der Waals surface area contributed by atoms with Crippen LogP contribution in [0.25, 0.3) is 0 Å². The van der Waals surface area contributed by atoms with Gasteiger partial charge in [-0.15, -0.1) is 0 Å². The van der Waals surface area contributed by atoms with Gasteiger partial charge in [0, 0.05) is 75.1 Å². The van der Waals surface area contributed by atoms with Crippen molar-refractivity contribution >= 4 is 23.4 Å². The van der Waals surface area contributed by atoms with Gasteiger partial charge in [-0.25, -0.2) is 9.37 Å².